The van der Waals surface area contributed by atoms with Crippen molar-refractivity contribution >= 4 is 5.91 Å². The third-order valence-electron chi connectivity index (χ3n) is 3.59. The maximum Gasteiger partial charge on any atom is 0.254 e. The van der Waals surface area contributed by atoms with Gasteiger partial charge in [-0.2, -0.15) is 0 Å². The Balaban J connectivity index is 1.83. The molecule has 1 aromatic carbocycles. The highest BCUT2D eigenvalue weighted by Crippen LogP contribution is 2.19. The van der Waals surface area contributed by atoms with Crippen LogP contribution in [0.25, 0.3) is 0 Å². The molecule has 0 spiro atoms. The van der Waals surface area contributed by atoms with E-state index in [4.69, 9.17) is 5.11 Å². The number of aliphatic hydroxyl groups is 1. The van der Waals surface area contributed by atoms with Crippen LogP contribution in [-0.2, 0) is 19.6 Å². The summed E-state index contributed by atoms with van der Waals surface area (Å²) in [6.07, 6.45) is 0.812. The third kappa shape index (κ3) is 2.42. The molecule has 0 bridgehead atoms. The molecule has 0 unspecified atom stereocenters. The number of amides is 1. The number of benzene rings is 1. The van der Waals surface area contributed by atoms with E-state index in [0.717, 1.165) is 12.1 Å². The molecule has 4 nitrogen and oxygen atoms in total. The molecule has 20 heavy (non-hydrogen) atoms. The zero-order valence-electron chi connectivity index (χ0n) is 11.1. The number of hydrogen-bond acceptors (Lipinski definition) is 3. The number of aromatic nitrogens is 1. The van der Waals surface area contributed by atoms with E-state index in [9.17, 15) is 4.79 Å². The minimum Gasteiger partial charge on any atom is -0.390 e. The number of fused-ring (bicyclic) bond motifs is 1. The molecule has 1 aliphatic heterocycles. The van der Waals surface area contributed by atoms with Gasteiger partial charge in [-0.25, -0.2) is 0 Å². The quantitative estimate of drug-likeness (QED) is 0.903. The molecule has 0 saturated carbocycles. The number of carbonyl (C=O) groups excluding carboxylic acids is 1. The highest BCUT2D eigenvalue weighted by atomic mass is 16.3. The molecule has 4 heteroatoms. The first kappa shape index (κ1) is 12.8. The topological polar surface area (TPSA) is 53.4 Å². The van der Waals surface area contributed by atoms with E-state index in [2.05, 4.69) is 4.98 Å². The first-order valence-corrected chi connectivity index (χ1v) is 6.71. The van der Waals surface area contributed by atoms with Crippen molar-refractivity contribution in [1.82, 2.24) is 9.88 Å². The lowest BCUT2D eigenvalue weighted by atomic mass is 10.0. The van der Waals surface area contributed by atoms with Crippen LogP contribution in [0, 0.1) is 0 Å². The summed E-state index contributed by atoms with van der Waals surface area (Å²) in [7, 11) is 0. The van der Waals surface area contributed by atoms with Gasteiger partial charge in [0.05, 0.1) is 24.5 Å². The van der Waals surface area contributed by atoms with E-state index in [1.54, 1.807) is 0 Å². The van der Waals surface area contributed by atoms with Gasteiger partial charge in [0.2, 0.25) is 0 Å². The summed E-state index contributed by atoms with van der Waals surface area (Å²) < 4.78 is 0. The van der Waals surface area contributed by atoms with Crippen molar-refractivity contribution in [3.63, 3.8) is 0 Å². The first-order chi connectivity index (χ1) is 9.78. The molecule has 0 fully saturated rings. The zero-order valence-corrected chi connectivity index (χ0v) is 11.1. The number of aliphatic hydroxyl groups excluding tert-OH is 1. The molecule has 1 aromatic heterocycles. The lowest BCUT2D eigenvalue weighted by Crippen LogP contribution is -2.36. The van der Waals surface area contributed by atoms with Crippen LogP contribution in [0.1, 0.15) is 27.3 Å². The number of pyridine rings is 1. The Bertz CT molecular complexity index is 626. The fourth-order valence-electron chi connectivity index (χ4n) is 2.48. The van der Waals surface area contributed by atoms with Crippen molar-refractivity contribution in [2.45, 2.75) is 19.6 Å². The second-order valence-electron chi connectivity index (χ2n) is 4.91. The number of carbonyl (C=O) groups is 1. The molecule has 2 aromatic rings. The Hall–Kier alpha value is -2.20. The van der Waals surface area contributed by atoms with Crippen LogP contribution in [0.2, 0.25) is 0 Å². The second-order valence-corrected chi connectivity index (χ2v) is 4.91. The molecule has 1 N–H and O–H groups in total. The molecule has 0 atom stereocenters. The molecular weight excluding hydrogens is 252 g/mol. The summed E-state index contributed by atoms with van der Waals surface area (Å²) in [4.78, 5) is 18.6. The SMILES string of the molecule is O=C(c1ccccc1)N1CCc2ccc(CO)nc2C1. The van der Waals surface area contributed by atoms with Gasteiger partial charge in [-0.1, -0.05) is 24.3 Å². The number of rotatable bonds is 2. The Morgan fingerprint density at radius 1 is 1.20 bits per heavy atom. The van der Waals surface area contributed by atoms with Crippen molar-refractivity contribution in [2.24, 2.45) is 0 Å². The average Bonchev–Trinajstić information content (AvgIpc) is 2.54. The van der Waals surface area contributed by atoms with Crippen LogP contribution >= 0.6 is 0 Å². The van der Waals surface area contributed by atoms with Crippen LogP contribution in [0.5, 0.6) is 0 Å². The van der Waals surface area contributed by atoms with E-state index in [1.165, 1.54) is 5.56 Å². The Kier molecular flexibility index (Phi) is 3.48. The summed E-state index contributed by atoms with van der Waals surface area (Å²) in [5, 5.41) is 9.15. The zero-order chi connectivity index (χ0) is 13.9. The maximum absolute atomic E-state index is 12.4. The molecule has 0 saturated heterocycles. The van der Waals surface area contributed by atoms with E-state index < -0.39 is 0 Å². The van der Waals surface area contributed by atoms with Crippen molar-refractivity contribution < 1.29 is 9.90 Å². The van der Waals surface area contributed by atoms with Gasteiger partial charge in [-0.05, 0) is 30.2 Å². The smallest absolute Gasteiger partial charge is 0.254 e. The van der Waals surface area contributed by atoms with Gasteiger partial charge in [0.15, 0.2) is 0 Å². The minimum absolute atomic E-state index is 0.0347. The number of hydrogen-bond donors (Lipinski definition) is 1. The van der Waals surface area contributed by atoms with E-state index in [1.807, 2.05) is 47.4 Å². The highest BCUT2D eigenvalue weighted by molar-refractivity contribution is 5.94. The molecule has 0 aliphatic carbocycles. The van der Waals surface area contributed by atoms with Crippen LogP contribution in [0.4, 0.5) is 0 Å². The predicted octanol–water partition coefficient (Wildman–Crippen LogP) is 1.77. The third-order valence-corrected chi connectivity index (χ3v) is 3.59. The Morgan fingerprint density at radius 2 is 2.00 bits per heavy atom. The fraction of sp³-hybridized carbons (Fsp3) is 0.250. The largest absolute Gasteiger partial charge is 0.390 e. The fourth-order valence-corrected chi connectivity index (χ4v) is 2.48. The molecule has 3 rings (SSSR count). The normalized spacial score (nSPS) is 13.9. The standard InChI is InChI=1S/C16H16N2O2/c19-11-14-7-6-12-8-9-18(10-15(12)17-14)16(20)13-4-2-1-3-5-13/h1-7,19H,8-11H2. The Morgan fingerprint density at radius 3 is 2.75 bits per heavy atom. The Labute approximate surface area is 117 Å². The van der Waals surface area contributed by atoms with Crippen molar-refractivity contribution in [3.8, 4) is 0 Å². The maximum atomic E-state index is 12.4. The lowest BCUT2D eigenvalue weighted by molar-refractivity contribution is 0.0731. The van der Waals surface area contributed by atoms with E-state index in [-0.39, 0.29) is 12.5 Å². The van der Waals surface area contributed by atoms with Gasteiger partial charge in [-0.3, -0.25) is 9.78 Å². The van der Waals surface area contributed by atoms with Gasteiger partial charge >= 0.3 is 0 Å². The summed E-state index contributed by atoms with van der Waals surface area (Å²) in [5.41, 5.74) is 3.42. The van der Waals surface area contributed by atoms with Crippen molar-refractivity contribution in [1.29, 1.82) is 0 Å². The summed E-state index contributed by atoms with van der Waals surface area (Å²) in [6, 6.07) is 13.1. The summed E-state index contributed by atoms with van der Waals surface area (Å²) >= 11 is 0. The minimum atomic E-state index is -0.0695. The van der Waals surface area contributed by atoms with Gasteiger partial charge < -0.3 is 10.0 Å². The van der Waals surface area contributed by atoms with Gasteiger partial charge in [0.25, 0.3) is 5.91 Å². The molecule has 2 heterocycles. The first-order valence-electron chi connectivity index (χ1n) is 6.71. The van der Waals surface area contributed by atoms with Crippen molar-refractivity contribution in [2.75, 3.05) is 6.54 Å². The number of nitrogens with zero attached hydrogens (tertiary/aromatic N) is 2. The van der Waals surface area contributed by atoms with Gasteiger partial charge in [-0.15, -0.1) is 0 Å². The van der Waals surface area contributed by atoms with E-state index >= 15 is 0 Å². The van der Waals surface area contributed by atoms with Crippen LogP contribution in [-0.4, -0.2) is 27.4 Å². The van der Waals surface area contributed by atoms with Crippen LogP contribution in [0.3, 0.4) is 0 Å². The van der Waals surface area contributed by atoms with Crippen LogP contribution in [0.15, 0.2) is 42.5 Å². The molecular formula is C16H16N2O2. The monoisotopic (exact) mass is 268 g/mol. The molecule has 102 valence electrons. The molecule has 1 aliphatic rings. The van der Waals surface area contributed by atoms with Crippen molar-refractivity contribution in [3.05, 3.63) is 65.0 Å². The van der Waals surface area contributed by atoms with Gasteiger partial charge in [0.1, 0.15) is 0 Å². The predicted molar refractivity (Wildman–Crippen MR) is 75.0 cm³/mol. The summed E-state index contributed by atoms with van der Waals surface area (Å²) in [5.74, 6) is 0.0347. The highest BCUT2D eigenvalue weighted by Gasteiger charge is 2.22. The average molecular weight is 268 g/mol. The summed E-state index contributed by atoms with van der Waals surface area (Å²) in [6.45, 7) is 1.15. The van der Waals surface area contributed by atoms with Gasteiger partial charge in [0, 0.05) is 12.1 Å². The molecule has 1 amide bonds. The second kappa shape index (κ2) is 5.43. The van der Waals surface area contributed by atoms with Crippen LogP contribution < -0.4 is 0 Å². The van der Waals surface area contributed by atoms with E-state index in [0.29, 0.717) is 24.3 Å². The lowest BCUT2D eigenvalue weighted by Gasteiger charge is -2.28. The molecule has 0 radical (unpaired) electrons.